The molecule has 7 heteroatoms. The van der Waals surface area contributed by atoms with Crippen molar-refractivity contribution in [2.75, 3.05) is 6.54 Å². The third-order valence-electron chi connectivity index (χ3n) is 6.15. The van der Waals surface area contributed by atoms with Gasteiger partial charge in [0.25, 0.3) is 5.56 Å². The number of benzene rings is 1. The number of piperidine rings is 1. The zero-order valence-electron chi connectivity index (χ0n) is 18.3. The van der Waals surface area contributed by atoms with Gasteiger partial charge in [0.2, 0.25) is 5.91 Å². The molecule has 162 valence electrons. The number of aryl methyl sites for hydroxylation is 2. The number of pyridine rings is 1. The predicted molar refractivity (Wildman–Crippen MR) is 121 cm³/mol. The number of nitrogens with zero attached hydrogens (tertiary/aromatic N) is 4. The minimum atomic E-state index is -0.542. The number of amides is 1. The number of carbonyl (C=O) groups excluding carboxylic acids is 1. The highest BCUT2D eigenvalue weighted by Gasteiger charge is 2.27. The molecule has 7 nitrogen and oxygen atoms in total. The van der Waals surface area contributed by atoms with Crippen LogP contribution in [0.15, 0.2) is 46.0 Å². The molecule has 31 heavy (non-hydrogen) atoms. The number of para-hydroxylation sites is 1. The van der Waals surface area contributed by atoms with Crippen molar-refractivity contribution in [3.63, 3.8) is 0 Å². The van der Waals surface area contributed by atoms with Crippen LogP contribution in [0, 0.1) is 13.8 Å². The molecular formula is C24H28N4O3. The van der Waals surface area contributed by atoms with Gasteiger partial charge >= 0.3 is 5.69 Å². The Bertz CT molecular complexity index is 1240. The van der Waals surface area contributed by atoms with Gasteiger partial charge in [-0.2, -0.15) is 0 Å². The van der Waals surface area contributed by atoms with Gasteiger partial charge < -0.3 is 4.90 Å². The Balaban J connectivity index is 1.91. The Kier molecular flexibility index (Phi) is 5.76. The number of likely N-dealkylation sites (tertiary alicyclic amines) is 1. The third-order valence-corrected chi connectivity index (χ3v) is 6.15. The van der Waals surface area contributed by atoms with Crippen molar-refractivity contribution in [3.05, 3.63) is 68.5 Å². The number of hydrogen-bond donors (Lipinski definition) is 0. The first-order chi connectivity index (χ1) is 14.9. The lowest BCUT2D eigenvalue weighted by atomic mass is 10.00. The second kappa shape index (κ2) is 8.49. The number of carbonyl (C=O) groups is 1. The summed E-state index contributed by atoms with van der Waals surface area (Å²) in [5, 5.41) is 0.368. The maximum atomic E-state index is 13.5. The van der Waals surface area contributed by atoms with Crippen molar-refractivity contribution < 1.29 is 4.79 Å². The fourth-order valence-corrected chi connectivity index (χ4v) is 4.60. The molecule has 1 fully saturated rings. The van der Waals surface area contributed by atoms with Crippen molar-refractivity contribution in [1.29, 1.82) is 0 Å². The van der Waals surface area contributed by atoms with Crippen molar-refractivity contribution in [1.82, 2.24) is 19.0 Å². The van der Waals surface area contributed by atoms with Gasteiger partial charge in [-0.1, -0.05) is 25.1 Å². The second-order valence-corrected chi connectivity index (χ2v) is 8.27. The highest BCUT2D eigenvalue weighted by Crippen LogP contribution is 2.20. The predicted octanol–water partition coefficient (Wildman–Crippen LogP) is 2.96. The lowest BCUT2D eigenvalue weighted by Crippen LogP contribution is -2.49. The molecule has 4 rings (SSSR count). The largest absolute Gasteiger partial charge is 0.338 e. The van der Waals surface area contributed by atoms with Crippen LogP contribution in [-0.4, -0.2) is 37.5 Å². The van der Waals surface area contributed by atoms with Gasteiger partial charge in [0, 0.05) is 18.3 Å². The zero-order valence-corrected chi connectivity index (χ0v) is 18.3. The van der Waals surface area contributed by atoms with Crippen LogP contribution in [0.25, 0.3) is 16.7 Å². The lowest BCUT2D eigenvalue weighted by molar-refractivity contribution is -0.135. The monoisotopic (exact) mass is 420 g/mol. The number of aromatic nitrogens is 3. The van der Waals surface area contributed by atoms with Crippen LogP contribution >= 0.6 is 0 Å². The van der Waals surface area contributed by atoms with Crippen molar-refractivity contribution in [3.8, 4) is 5.69 Å². The van der Waals surface area contributed by atoms with Crippen LogP contribution in [0.1, 0.15) is 43.9 Å². The molecule has 1 amide bonds. The van der Waals surface area contributed by atoms with Gasteiger partial charge in [0.15, 0.2) is 5.65 Å². The summed E-state index contributed by atoms with van der Waals surface area (Å²) in [4.78, 5) is 46.4. The molecule has 1 aromatic carbocycles. The molecule has 1 saturated heterocycles. The van der Waals surface area contributed by atoms with E-state index < -0.39 is 11.2 Å². The summed E-state index contributed by atoms with van der Waals surface area (Å²) >= 11 is 0. The van der Waals surface area contributed by atoms with E-state index in [0.717, 1.165) is 41.5 Å². The Morgan fingerprint density at radius 2 is 1.87 bits per heavy atom. The average Bonchev–Trinajstić information content (AvgIpc) is 2.76. The lowest BCUT2D eigenvalue weighted by Gasteiger charge is -2.35. The summed E-state index contributed by atoms with van der Waals surface area (Å²) in [7, 11) is 0. The van der Waals surface area contributed by atoms with E-state index in [1.807, 2.05) is 43.0 Å². The summed E-state index contributed by atoms with van der Waals surface area (Å²) in [6.45, 7) is 6.15. The summed E-state index contributed by atoms with van der Waals surface area (Å²) < 4.78 is 2.51. The molecule has 1 aliphatic rings. The van der Waals surface area contributed by atoms with E-state index in [-0.39, 0.29) is 18.5 Å². The molecular weight excluding hydrogens is 392 g/mol. The SMILES string of the molecule is CC[C@H]1CCCCN1C(=O)Cn1c(=O)c2c(C)cc(C)nc2n(-c2ccccc2)c1=O. The zero-order chi connectivity index (χ0) is 22.1. The van der Waals surface area contributed by atoms with E-state index in [9.17, 15) is 14.4 Å². The molecule has 2 aromatic heterocycles. The van der Waals surface area contributed by atoms with Gasteiger partial charge in [0.1, 0.15) is 6.54 Å². The van der Waals surface area contributed by atoms with Crippen LogP contribution in [0.5, 0.6) is 0 Å². The van der Waals surface area contributed by atoms with Crippen molar-refractivity contribution in [2.45, 2.75) is 59.0 Å². The van der Waals surface area contributed by atoms with Gasteiger partial charge in [-0.05, 0) is 63.3 Å². The molecule has 0 saturated carbocycles. The van der Waals surface area contributed by atoms with Crippen LogP contribution in [0.3, 0.4) is 0 Å². The first-order valence-corrected chi connectivity index (χ1v) is 10.9. The topological polar surface area (TPSA) is 77.2 Å². The van der Waals surface area contributed by atoms with Gasteiger partial charge in [0.05, 0.1) is 11.1 Å². The molecule has 1 atom stereocenters. The first-order valence-electron chi connectivity index (χ1n) is 10.9. The molecule has 3 heterocycles. The molecule has 0 spiro atoms. The van der Waals surface area contributed by atoms with Crippen molar-refractivity contribution >= 4 is 16.9 Å². The minimum absolute atomic E-state index is 0.166. The van der Waals surface area contributed by atoms with Gasteiger partial charge in [-0.3, -0.25) is 9.59 Å². The van der Waals surface area contributed by atoms with Crippen LogP contribution < -0.4 is 11.2 Å². The first kappa shape index (κ1) is 21.0. The summed E-state index contributed by atoms with van der Waals surface area (Å²) in [6.07, 6.45) is 3.88. The average molecular weight is 421 g/mol. The fourth-order valence-electron chi connectivity index (χ4n) is 4.60. The maximum Gasteiger partial charge on any atom is 0.337 e. The molecule has 1 aliphatic heterocycles. The molecule has 0 N–H and O–H groups in total. The molecule has 3 aromatic rings. The van der Waals surface area contributed by atoms with Gasteiger partial charge in [-0.15, -0.1) is 0 Å². The van der Waals surface area contributed by atoms with Crippen LogP contribution in [0.2, 0.25) is 0 Å². The number of rotatable bonds is 4. The minimum Gasteiger partial charge on any atom is -0.338 e. The number of fused-ring (bicyclic) bond motifs is 1. The van der Waals surface area contributed by atoms with Gasteiger partial charge in [-0.25, -0.2) is 18.9 Å². The fraction of sp³-hybridized carbons (Fsp3) is 0.417. The highest BCUT2D eigenvalue weighted by molar-refractivity contribution is 5.81. The molecule has 0 unspecified atom stereocenters. The Morgan fingerprint density at radius 1 is 1.13 bits per heavy atom. The normalized spacial score (nSPS) is 16.6. The van der Waals surface area contributed by atoms with Crippen LogP contribution in [0.4, 0.5) is 0 Å². The van der Waals surface area contributed by atoms with E-state index in [2.05, 4.69) is 11.9 Å². The summed E-state index contributed by atoms with van der Waals surface area (Å²) in [6, 6.07) is 11.1. The standard InChI is InChI=1S/C24H28N4O3/c1-4-18-10-8-9-13-26(18)20(29)15-27-23(30)21-16(2)14-17(3)25-22(21)28(24(27)31)19-11-6-5-7-12-19/h5-7,11-12,14,18H,4,8-10,13,15H2,1-3H3/t18-/m0/s1. The van der Waals surface area contributed by atoms with E-state index >= 15 is 0 Å². The van der Waals surface area contributed by atoms with E-state index in [4.69, 9.17) is 0 Å². The number of hydrogen-bond acceptors (Lipinski definition) is 4. The Morgan fingerprint density at radius 3 is 2.58 bits per heavy atom. The van der Waals surface area contributed by atoms with E-state index in [1.165, 1.54) is 4.57 Å². The third kappa shape index (κ3) is 3.80. The quantitative estimate of drug-likeness (QED) is 0.650. The Hall–Kier alpha value is -3.22. The van der Waals surface area contributed by atoms with E-state index in [0.29, 0.717) is 23.3 Å². The summed E-state index contributed by atoms with van der Waals surface area (Å²) in [5.41, 5.74) is 1.40. The smallest absolute Gasteiger partial charge is 0.337 e. The van der Waals surface area contributed by atoms with Crippen LogP contribution in [-0.2, 0) is 11.3 Å². The van der Waals surface area contributed by atoms with E-state index in [1.54, 1.807) is 12.1 Å². The maximum absolute atomic E-state index is 13.5. The van der Waals surface area contributed by atoms with Crippen molar-refractivity contribution in [2.24, 2.45) is 0 Å². The molecule has 0 radical (unpaired) electrons. The summed E-state index contributed by atoms with van der Waals surface area (Å²) in [5.74, 6) is -0.178. The Labute approximate surface area is 181 Å². The molecule has 0 bridgehead atoms. The highest BCUT2D eigenvalue weighted by atomic mass is 16.2. The molecule has 0 aliphatic carbocycles. The second-order valence-electron chi connectivity index (χ2n) is 8.27.